The van der Waals surface area contributed by atoms with Crippen LogP contribution in [-0.4, -0.2) is 4.92 Å². The van der Waals surface area contributed by atoms with Crippen LogP contribution in [0.25, 0.3) is 0 Å². The van der Waals surface area contributed by atoms with Crippen LogP contribution in [0.1, 0.15) is 1.43 Å². The van der Waals surface area contributed by atoms with Crippen molar-refractivity contribution < 1.29 is 35.9 Å². The third kappa shape index (κ3) is 2.88. The standard InChI is InChI=1S/C6H6N2O2.Na.H/c7-5-1-3-6(4-2-5)8(9)10;;/h1-4H,7H2;;/q;+1;-1. The number of non-ortho nitro benzene ring substituents is 1. The van der Waals surface area contributed by atoms with Gasteiger partial charge in [0.05, 0.1) is 4.92 Å². The molecule has 0 unspecified atom stereocenters. The molecule has 1 aromatic carbocycles. The van der Waals surface area contributed by atoms with Gasteiger partial charge >= 0.3 is 29.6 Å². The number of nitro groups is 1. The molecule has 0 saturated heterocycles. The Kier molecular flexibility index (Phi) is 4.10. The fourth-order valence-electron chi connectivity index (χ4n) is 0.596. The van der Waals surface area contributed by atoms with E-state index in [-0.39, 0.29) is 36.7 Å². The van der Waals surface area contributed by atoms with Gasteiger partial charge in [-0.2, -0.15) is 0 Å². The maximum absolute atomic E-state index is 10.1. The van der Waals surface area contributed by atoms with E-state index in [0.29, 0.717) is 5.69 Å². The molecular formula is C6H7N2NaO2. The second-order valence-electron chi connectivity index (χ2n) is 1.85. The van der Waals surface area contributed by atoms with Crippen molar-refractivity contribution in [1.29, 1.82) is 0 Å². The van der Waals surface area contributed by atoms with Crippen molar-refractivity contribution in [1.82, 2.24) is 0 Å². The number of nitrogens with two attached hydrogens (primary N) is 1. The van der Waals surface area contributed by atoms with Gasteiger partial charge in [-0.25, -0.2) is 0 Å². The topological polar surface area (TPSA) is 69.2 Å². The number of hydrogen-bond donors (Lipinski definition) is 1. The molecule has 1 aromatic rings. The van der Waals surface area contributed by atoms with Crippen LogP contribution in [0.15, 0.2) is 24.3 Å². The van der Waals surface area contributed by atoms with E-state index >= 15 is 0 Å². The predicted molar refractivity (Wildman–Crippen MR) is 38.6 cm³/mol. The molecule has 0 heterocycles. The molecule has 0 aromatic heterocycles. The summed E-state index contributed by atoms with van der Waals surface area (Å²) in [6.07, 6.45) is 0. The van der Waals surface area contributed by atoms with Crippen LogP contribution in [0.3, 0.4) is 0 Å². The fraction of sp³-hybridized carbons (Fsp3) is 0. The number of hydrogen-bond acceptors (Lipinski definition) is 3. The molecule has 0 bridgehead atoms. The average Bonchev–Trinajstić information content (AvgIpc) is 1.88. The van der Waals surface area contributed by atoms with Gasteiger partial charge in [0, 0.05) is 17.8 Å². The molecule has 11 heavy (non-hydrogen) atoms. The van der Waals surface area contributed by atoms with Crippen LogP contribution in [0.5, 0.6) is 0 Å². The monoisotopic (exact) mass is 162 g/mol. The van der Waals surface area contributed by atoms with Gasteiger partial charge < -0.3 is 7.16 Å². The van der Waals surface area contributed by atoms with Gasteiger partial charge in [-0.15, -0.1) is 0 Å². The van der Waals surface area contributed by atoms with E-state index in [1.807, 2.05) is 0 Å². The van der Waals surface area contributed by atoms with Gasteiger partial charge in [0.1, 0.15) is 0 Å². The summed E-state index contributed by atoms with van der Waals surface area (Å²) in [5, 5.41) is 10.1. The molecular weight excluding hydrogens is 155 g/mol. The van der Waals surface area contributed by atoms with Crippen LogP contribution in [0, 0.1) is 10.1 Å². The smallest absolute Gasteiger partial charge is 1.00 e. The maximum Gasteiger partial charge on any atom is 1.00 e. The Bertz CT molecular complexity index is 252. The van der Waals surface area contributed by atoms with Crippen molar-refractivity contribution >= 4 is 11.4 Å². The quantitative estimate of drug-likeness (QED) is 0.231. The Labute approximate surface area is 87.3 Å². The molecule has 0 aliphatic rings. The molecule has 4 nitrogen and oxygen atoms in total. The third-order valence-electron chi connectivity index (χ3n) is 1.10. The van der Waals surface area contributed by atoms with Gasteiger partial charge in [-0.05, 0) is 12.1 Å². The molecule has 0 amide bonds. The van der Waals surface area contributed by atoms with Gasteiger partial charge in [0.2, 0.25) is 0 Å². The first kappa shape index (κ1) is 10.4. The molecule has 0 atom stereocenters. The van der Waals surface area contributed by atoms with E-state index in [0.717, 1.165) is 0 Å². The van der Waals surface area contributed by atoms with Crippen LogP contribution in [-0.2, 0) is 0 Å². The van der Waals surface area contributed by atoms with E-state index in [4.69, 9.17) is 5.73 Å². The third-order valence-corrected chi connectivity index (χ3v) is 1.10. The first-order valence-electron chi connectivity index (χ1n) is 2.70. The normalized spacial score (nSPS) is 8.36. The minimum absolute atomic E-state index is 0. The summed E-state index contributed by atoms with van der Waals surface area (Å²) < 4.78 is 0. The van der Waals surface area contributed by atoms with Crippen molar-refractivity contribution in [2.45, 2.75) is 0 Å². The molecule has 0 radical (unpaired) electrons. The fourth-order valence-corrected chi connectivity index (χ4v) is 0.596. The zero-order chi connectivity index (χ0) is 7.56. The van der Waals surface area contributed by atoms with Gasteiger partial charge in [0.25, 0.3) is 5.69 Å². The van der Waals surface area contributed by atoms with Gasteiger partial charge in [0.15, 0.2) is 0 Å². The Morgan fingerprint density at radius 2 is 1.82 bits per heavy atom. The molecule has 1 rings (SSSR count). The number of anilines is 1. The van der Waals surface area contributed by atoms with Crippen LogP contribution < -0.4 is 35.3 Å². The zero-order valence-corrected chi connectivity index (χ0v) is 8.15. The molecule has 0 aliphatic carbocycles. The van der Waals surface area contributed by atoms with E-state index in [1.165, 1.54) is 24.3 Å². The van der Waals surface area contributed by atoms with E-state index < -0.39 is 4.92 Å². The maximum atomic E-state index is 10.1. The van der Waals surface area contributed by atoms with Gasteiger partial charge in [-0.3, -0.25) is 10.1 Å². The Morgan fingerprint density at radius 3 is 2.18 bits per heavy atom. The number of nitrogen functional groups attached to an aromatic ring is 1. The average molecular weight is 162 g/mol. The second-order valence-corrected chi connectivity index (χ2v) is 1.85. The number of nitrogens with zero attached hydrogens (tertiary/aromatic N) is 1. The van der Waals surface area contributed by atoms with Crippen LogP contribution in [0.4, 0.5) is 11.4 Å². The largest absolute Gasteiger partial charge is 1.00 e. The molecule has 54 valence electrons. The van der Waals surface area contributed by atoms with E-state index in [9.17, 15) is 10.1 Å². The number of benzene rings is 1. The summed E-state index contributed by atoms with van der Waals surface area (Å²) in [6, 6.07) is 5.74. The summed E-state index contributed by atoms with van der Waals surface area (Å²) in [7, 11) is 0. The van der Waals surface area contributed by atoms with Crippen LogP contribution in [0.2, 0.25) is 0 Å². The first-order valence-corrected chi connectivity index (χ1v) is 2.70. The van der Waals surface area contributed by atoms with Crippen molar-refractivity contribution in [2.75, 3.05) is 5.73 Å². The van der Waals surface area contributed by atoms with Gasteiger partial charge in [-0.1, -0.05) is 0 Å². The number of rotatable bonds is 1. The van der Waals surface area contributed by atoms with E-state index in [1.54, 1.807) is 0 Å². The van der Waals surface area contributed by atoms with Crippen molar-refractivity contribution in [3.63, 3.8) is 0 Å². The Hall–Kier alpha value is -0.580. The minimum Gasteiger partial charge on any atom is -1.00 e. The van der Waals surface area contributed by atoms with Crippen molar-refractivity contribution in [3.05, 3.63) is 34.4 Å². The summed E-state index contributed by atoms with van der Waals surface area (Å²) in [6.45, 7) is 0. The Balaban J connectivity index is 0. The molecule has 0 spiro atoms. The summed E-state index contributed by atoms with van der Waals surface area (Å²) in [4.78, 5) is 9.62. The minimum atomic E-state index is -0.459. The predicted octanol–water partition coefficient (Wildman–Crippen LogP) is -1.71. The number of nitro benzene ring substituents is 1. The molecule has 2 N–H and O–H groups in total. The van der Waals surface area contributed by atoms with Crippen LogP contribution >= 0.6 is 0 Å². The SMILES string of the molecule is Nc1ccc([N+](=O)[O-])cc1.[H-].[Na+]. The first-order chi connectivity index (χ1) is 4.70. The second kappa shape index (κ2) is 4.33. The summed E-state index contributed by atoms with van der Waals surface area (Å²) in [5.74, 6) is 0. The molecule has 0 saturated carbocycles. The molecule has 0 aliphatic heterocycles. The summed E-state index contributed by atoms with van der Waals surface area (Å²) in [5.41, 5.74) is 5.90. The molecule has 5 heteroatoms. The van der Waals surface area contributed by atoms with Crippen molar-refractivity contribution in [2.24, 2.45) is 0 Å². The van der Waals surface area contributed by atoms with Crippen molar-refractivity contribution in [3.8, 4) is 0 Å². The van der Waals surface area contributed by atoms with E-state index in [2.05, 4.69) is 0 Å². The summed E-state index contributed by atoms with van der Waals surface area (Å²) >= 11 is 0. The molecule has 0 fully saturated rings. The Morgan fingerprint density at radius 1 is 1.36 bits per heavy atom. The zero-order valence-electron chi connectivity index (χ0n) is 7.15.